The first-order valence-corrected chi connectivity index (χ1v) is 12.4. The molecule has 6 rings (SSSR count). The molecule has 3 aromatic carbocycles. The molecule has 0 saturated heterocycles. The van der Waals surface area contributed by atoms with E-state index in [0.717, 1.165) is 35.2 Å². The summed E-state index contributed by atoms with van der Waals surface area (Å²) in [5, 5.41) is 0.831. The summed E-state index contributed by atoms with van der Waals surface area (Å²) >= 11 is 13.9. The van der Waals surface area contributed by atoms with E-state index in [2.05, 4.69) is 12.1 Å². The zero-order valence-corrected chi connectivity index (χ0v) is 20.1. The largest absolute Gasteiger partial charge is 0.272 e. The lowest BCUT2D eigenvalue weighted by molar-refractivity contribution is 0.581. The summed E-state index contributed by atoms with van der Waals surface area (Å²) in [7, 11) is 0. The average molecular weight is 507 g/mol. The Kier molecular flexibility index (Phi) is 5.29. The molecule has 1 aromatic heterocycles. The zero-order valence-electron chi connectivity index (χ0n) is 17.8. The Hall–Kier alpha value is -2.99. The first-order valence-electron chi connectivity index (χ1n) is 10.8. The van der Waals surface area contributed by atoms with Crippen LogP contribution in [0.2, 0.25) is 10.0 Å². The van der Waals surface area contributed by atoms with Crippen LogP contribution in [0.15, 0.2) is 82.1 Å². The van der Waals surface area contributed by atoms with Gasteiger partial charge in [-0.2, -0.15) is 0 Å². The summed E-state index contributed by atoms with van der Waals surface area (Å²) in [5.41, 5.74) is 5.69. The molecule has 168 valence electrons. The Bertz CT molecular complexity index is 1670. The average Bonchev–Trinajstić information content (AvgIpc) is 3.16. The van der Waals surface area contributed by atoms with Gasteiger partial charge in [0.1, 0.15) is 5.82 Å². The Morgan fingerprint density at radius 2 is 1.79 bits per heavy atom. The second-order valence-electron chi connectivity index (χ2n) is 8.31. The molecule has 1 aliphatic carbocycles. The number of halogens is 3. The number of fused-ring (bicyclic) bond motifs is 3. The van der Waals surface area contributed by atoms with E-state index in [1.807, 2.05) is 18.2 Å². The summed E-state index contributed by atoms with van der Waals surface area (Å²) in [6, 6.07) is 19.6. The van der Waals surface area contributed by atoms with E-state index in [-0.39, 0.29) is 17.4 Å². The fraction of sp³-hybridized carbons (Fsp3) is 0.111. The van der Waals surface area contributed by atoms with Crippen LogP contribution in [0.5, 0.6) is 0 Å². The molecule has 0 fully saturated rings. The second-order valence-corrected chi connectivity index (χ2v) is 10.1. The van der Waals surface area contributed by atoms with Crippen LogP contribution in [0.4, 0.5) is 4.39 Å². The quantitative estimate of drug-likeness (QED) is 0.340. The number of hydrogen-bond acceptors (Lipinski definition) is 3. The molecular formula is C27H17Cl2FN2OS. The first-order chi connectivity index (χ1) is 16.5. The van der Waals surface area contributed by atoms with Crippen LogP contribution in [-0.4, -0.2) is 4.57 Å². The number of thiazole rings is 1. The molecule has 2 heterocycles. The number of aromatic nitrogens is 1. The van der Waals surface area contributed by atoms with Gasteiger partial charge in [-0.15, -0.1) is 0 Å². The second kappa shape index (κ2) is 8.35. The molecule has 0 spiro atoms. The van der Waals surface area contributed by atoms with E-state index >= 15 is 0 Å². The summed E-state index contributed by atoms with van der Waals surface area (Å²) in [6.45, 7) is 0. The van der Waals surface area contributed by atoms with E-state index in [1.165, 1.54) is 29.0 Å². The van der Waals surface area contributed by atoms with E-state index < -0.39 is 0 Å². The lowest BCUT2D eigenvalue weighted by Gasteiger charge is -2.30. The number of hydrogen-bond donors (Lipinski definition) is 0. The van der Waals surface area contributed by atoms with Gasteiger partial charge in [-0.25, -0.2) is 9.38 Å². The van der Waals surface area contributed by atoms with Crippen LogP contribution >= 0.6 is 34.5 Å². The molecule has 0 amide bonds. The Labute approximate surface area is 208 Å². The van der Waals surface area contributed by atoms with E-state index in [9.17, 15) is 9.18 Å². The minimum Gasteiger partial charge on any atom is -0.272 e. The van der Waals surface area contributed by atoms with Crippen molar-refractivity contribution in [2.24, 2.45) is 4.99 Å². The van der Waals surface area contributed by atoms with Gasteiger partial charge < -0.3 is 0 Å². The minimum atomic E-state index is -0.350. The van der Waals surface area contributed by atoms with Crippen LogP contribution in [0, 0.1) is 5.82 Å². The minimum absolute atomic E-state index is 0.153. The SMILES string of the molecule is O=c1c(=Cc2cccc(Cl)c2Cl)sc2n1C(c1ccc(F)cc1)C1=C(N=2)c2ccccc2CC1. The smallest absolute Gasteiger partial charge is 0.271 e. The maximum Gasteiger partial charge on any atom is 0.271 e. The molecule has 1 unspecified atom stereocenters. The van der Waals surface area contributed by atoms with Crippen LogP contribution < -0.4 is 14.9 Å². The van der Waals surface area contributed by atoms with Crippen molar-refractivity contribution in [3.63, 3.8) is 0 Å². The van der Waals surface area contributed by atoms with Gasteiger partial charge in [0.2, 0.25) is 0 Å². The van der Waals surface area contributed by atoms with Gasteiger partial charge in [-0.05, 0) is 59.4 Å². The predicted octanol–water partition coefficient (Wildman–Crippen LogP) is 5.76. The predicted molar refractivity (Wildman–Crippen MR) is 136 cm³/mol. The van der Waals surface area contributed by atoms with Gasteiger partial charge in [-0.1, -0.05) is 83.1 Å². The Morgan fingerprint density at radius 3 is 2.62 bits per heavy atom. The van der Waals surface area contributed by atoms with Crippen molar-refractivity contribution in [2.75, 3.05) is 0 Å². The fourth-order valence-electron chi connectivity index (χ4n) is 4.74. The highest BCUT2D eigenvalue weighted by molar-refractivity contribution is 7.07. The highest BCUT2D eigenvalue weighted by Gasteiger charge is 2.32. The Morgan fingerprint density at radius 1 is 1.00 bits per heavy atom. The molecule has 7 heteroatoms. The van der Waals surface area contributed by atoms with Crippen molar-refractivity contribution >= 4 is 46.3 Å². The fourth-order valence-corrected chi connectivity index (χ4v) is 6.09. The molecule has 0 bridgehead atoms. The molecule has 0 radical (unpaired) electrons. The van der Waals surface area contributed by atoms with Crippen LogP contribution in [0.25, 0.3) is 11.8 Å². The zero-order chi connectivity index (χ0) is 23.4. The van der Waals surface area contributed by atoms with Crippen molar-refractivity contribution in [1.82, 2.24) is 4.57 Å². The molecule has 1 atom stereocenters. The summed E-state index contributed by atoms with van der Waals surface area (Å²) in [5.74, 6) is -0.310. The Balaban J connectivity index is 1.64. The van der Waals surface area contributed by atoms with Crippen molar-refractivity contribution in [3.05, 3.63) is 130 Å². The van der Waals surface area contributed by atoms with Gasteiger partial charge in [0, 0.05) is 5.56 Å². The van der Waals surface area contributed by atoms with Gasteiger partial charge in [0.15, 0.2) is 4.80 Å². The monoisotopic (exact) mass is 506 g/mol. The van der Waals surface area contributed by atoms with E-state index in [4.69, 9.17) is 28.2 Å². The maximum absolute atomic E-state index is 13.8. The van der Waals surface area contributed by atoms with Gasteiger partial charge in [0.05, 0.1) is 26.3 Å². The third-order valence-electron chi connectivity index (χ3n) is 6.33. The van der Waals surface area contributed by atoms with E-state index in [1.54, 1.807) is 34.9 Å². The van der Waals surface area contributed by atoms with Crippen molar-refractivity contribution in [1.29, 1.82) is 0 Å². The molecule has 0 saturated carbocycles. The highest BCUT2D eigenvalue weighted by atomic mass is 35.5. The number of aryl methyl sites for hydroxylation is 1. The highest BCUT2D eigenvalue weighted by Crippen LogP contribution is 2.41. The lowest BCUT2D eigenvalue weighted by Crippen LogP contribution is -2.38. The number of nitrogens with zero attached hydrogens (tertiary/aromatic N) is 2. The molecule has 4 aromatic rings. The standard InChI is InChI=1S/C27H17Cl2FN2OS/c28-21-7-3-5-17(23(21)29)14-22-26(33)32-25(16-8-11-18(30)12-9-16)20-13-10-15-4-1-2-6-19(15)24(20)31-27(32)34-22/h1-9,11-12,14,25H,10,13H2. The van der Waals surface area contributed by atoms with Crippen LogP contribution in [-0.2, 0) is 6.42 Å². The number of rotatable bonds is 2. The normalized spacial score (nSPS) is 17.1. The third-order valence-corrected chi connectivity index (χ3v) is 8.14. The molecule has 34 heavy (non-hydrogen) atoms. The van der Waals surface area contributed by atoms with Crippen LogP contribution in [0.1, 0.15) is 34.7 Å². The number of benzene rings is 3. The topological polar surface area (TPSA) is 34.4 Å². The van der Waals surface area contributed by atoms with Crippen LogP contribution in [0.3, 0.4) is 0 Å². The maximum atomic E-state index is 13.8. The first kappa shape index (κ1) is 21.5. The van der Waals surface area contributed by atoms with Gasteiger partial charge in [-0.3, -0.25) is 9.36 Å². The molecule has 1 aliphatic heterocycles. The van der Waals surface area contributed by atoms with Gasteiger partial charge in [0.25, 0.3) is 5.56 Å². The molecule has 3 nitrogen and oxygen atoms in total. The molecular weight excluding hydrogens is 490 g/mol. The van der Waals surface area contributed by atoms with Crippen molar-refractivity contribution in [2.45, 2.75) is 18.9 Å². The summed E-state index contributed by atoms with van der Waals surface area (Å²) in [4.78, 5) is 19.3. The third kappa shape index (κ3) is 3.47. The van der Waals surface area contributed by atoms with E-state index in [0.29, 0.717) is 24.9 Å². The van der Waals surface area contributed by atoms with Crippen molar-refractivity contribution < 1.29 is 4.39 Å². The number of allylic oxidation sites excluding steroid dienone is 1. The summed E-state index contributed by atoms with van der Waals surface area (Å²) < 4.78 is 16.0. The summed E-state index contributed by atoms with van der Waals surface area (Å²) in [6.07, 6.45) is 3.41. The van der Waals surface area contributed by atoms with Crippen molar-refractivity contribution in [3.8, 4) is 0 Å². The molecule has 0 N–H and O–H groups in total. The lowest BCUT2D eigenvalue weighted by atomic mass is 9.83. The van der Waals surface area contributed by atoms with Gasteiger partial charge >= 0.3 is 0 Å². The molecule has 2 aliphatic rings.